The first kappa shape index (κ1) is 18.7. The van der Waals surface area contributed by atoms with Gasteiger partial charge >= 0.3 is 12.1 Å². The second-order valence-corrected chi connectivity index (χ2v) is 6.10. The normalized spacial score (nSPS) is 14.6. The van der Waals surface area contributed by atoms with Gasteiger partial charge in [-0.15, -0.1) is 0 Å². The molecule has 20 heavy (non-hydrogen) atoms. The summed E-state index contributed by atoms with van der Waals surface area (Å²) in [6.07, 6.45) is -0.0369. The molecule has 0 spiro atoms. The number of carbonyl (C=O) groups is 2. The standard InChI is InChI=1S/C14H27N2O4/c1-7-10(15)8-19-12(17)11(9(2)3)16-13(18)20-14(4,5)6/h9-11,15H,7-8H2,1-6H3,(H,16,18)/t10-,11-/m0/s1. The highest BCUT2D eigenvalue weighted by Crippen LogP contribution is 2.09. The zero-order valence-electron chi connectivity index (χ0n) is 13.3. The second-order valence-electron chi connectivity index (χ2n) is 6.10. The Balaban J connectivity index is 4.49. The molecule has 0 aliphatic heterocycles. The number of hydrogen-bond donors (Lipinski definition) is 1. The Hall–Kier alpha value is -1.30. The van der Waals surface area contributed by atoms with Gasteiger partial charge in [0.1, 0.15) is 18.2 Å². The molecule has 0 aromatic heterocycles. The lowest BCUT2D eigenvalue weighted by Gasteiger charge is -2.25. The summed E-state index contributed by atoms with van der Waals surface area (Å²) in [5.74, 6) is -0.655. The van der Waals surface area contributed by atoms with Crippen molar-refractivity contribution in [1.82, 2.24) is 11.1 Å². The van der Waals surface area contributed by atoms with Gasteiger partial charge in [0, 0.05) is 0 Å². The van der Waals surface area contributed by atoms with Crippen LogP contribution in [0.5, 0.6) is 0 Å². The molecular formula is C14H27N2O4. The van der Waals surface area contributed by atoms with E-state index in [1.165, 1.54) is 0 Å². The van der Waals surface area contributed by atoms with Gasteiger partial charge in [0.25, 0.3) is 0 Å². The number of carbonyl (C=O) groups excluding carboxylic acids is 2. The molecular weight excluding hydrogens is 260 g/mol. The topological polar surface area (TPSA) is 88.4 Å². The Bertz CT molecular complexity index is 324. The van der Waals surface area contributed by atoms with E-state index in [2.05, 4.69) is 5.32 Å². The zero-order chi connectivity index (χ0) is 15.9. The average molecular weight is 287 g/mol. The highest BCUT2D eigenvalue weighted by atomic mass is 16.6. The number of amides is 1. The molecule has 0 bridgehead atoms. The van der Waals surface area contributed by atoms with Gasteiger partial charge in [0.15, 0.2) is 0 Å². The summed E-state index contributed by atoms with van der Waals surface area (Å²) in [6.45, 7) is 10.8. The zero-order valence-corrected chi connectivity index (χ0v) is 13.3. The van der Waals surface area contributed by atoms with Crippen LogP contribution in [0.25, 0.3) is 0 Å². The van der Waals surface area contributed by atoms with Crippen LogP contribution >= 0.6 is 0 Å². The van der Waals surface area contributed by atoms with Gasteiger partial charge in [-0.05, 0) is 33.1 Å². The molecule has 6 nitrogen and oxygen atoms in total. The predicted octanol–water partition coefficient (Wildman–Crippen LogP) is 2.14. The van der Waals surface area contributed by atoms with Crippen LogP contribution < -0.4 is 11.1 Å². The number of esters is 1. The predicted molar refractivity (Wildman–Crippen MR) is 76.1 cm³/mol. The van der Waals surface area contributed by atoms with Crippen molar-refractivity contribution in [3.63, 3.8) is 0 Å². The third-order valence-corrected chi connectivity index (χ3v) is 2.51. The van der Waals surface area contributed by atoms with E-state index < -0.39 is 29.7 Å². The minimum Gasteiger partial charge on any atom is -0.462 e. The van der Waals surface area contributed by atoms with E-state index in [1.807, 2.05) is 6.92 Å². The molecule has 0 unspecified atom stereocenters. The maximum Gasteiger partial charge on any atom is 0.408 e. The first-order chi connectivity index (χ1) is 9.06. The van der Waals surface area contributed by atoms with Gasteiger partial charge in [-0.25, -0.2) is 9.59 Å². The average Bonchev–Trinajstić information content (AvgIpc) is 2.29. The largest absolute Gasteiger partial charge is 0.462 e. The summed E-state index contributed by atoms with van der Waals surface area (Å²) >= 11 is 0. The summed E-state index contributed by atoms with van der Waals surface area (Å²) in [6, 6.07) is -1.21. The van der Waals surface area contributed by atoms with Gasteiger partial charge in [-0.3, -0.25) is 5.73 Å². The fraction of sp³-hybridized carbons (Fsp3) is 0.857. The minimum absolute atomic E-state index is 0.0363. The molecule has 0 aliphatic rings. The molecule has 0 rings (SSSR count). The van der Waals surface area contributed by atoms with Gasteiger partial charge in [-0.1, -0.05) is 20.8 Å². The summed E-state index contributed by atoms with van der Waals surface area (Å²) in [5.41, 5.74) is 6.91. The SMILES string of the molecule is CC[C@H]([NH])COC(=O)[C@@H](NC(=O)OC(C)(C)C)C(C)C. The minimum atomic E-state index is -0.770. The molecule has 117 valence electrons. The Kier molecular flexibility index (Phi) is 7.57. The molecule has 2 atom stereocenters. The first-order valence-electron chi connectivity index (χ1n) is 6.94. The van der Waals surface area contributed by atoms with Crippen molar-refractivity contribution in [3.05, 3.63) is 0 Å². The summed E-state index contributed by atoms with van der Waals surface area (Å²) in [4.78, 5) is 23.6. The van der Waals surface area contributed by atoms with Crippen molar-refractivity contribution in [1.29, 1.82) is 0 Å². The van der Waals surface area contributed by atoms with E-state index in [-0.39, 0.29) is 12.5 Å². The van der Waals surface area contributed by atoms with E-state index >= 15 is 0 Å². The van der Waals surface area contributed by atoms with Crippen molar-refractivity contribution in [2.24, 2.45) is 5.92 Å². The number of ether oxygens (including phenoxy) is 2. The van der Waals surface area contributed by atoms with Crippen molar-refractivity contribution in [2.75, 3.05) is 6.61 Å². The van der Waals surface area contributed by atoms with Gasteiger partial charge in [-0.2, -0.15) is 0 Å². The molecule has 0 saturated carbocycles. The highest BCUT2D eigenvalue weighted by Gasteiger charge is 2.28. The van der Waals surface area contributed by atoms with E-state index in [0.717, 1.165) is 0 Å². The Morgan fingerprint density at radius 2 is 1.80 bits per heavy atom. The Morgan fingerprint density at radius 1 is 1.25 bits per heavy atom. The molecule has 6 heteroatoms. The maximum atomic E-state index is 11.9. The monoisotopic (exact) mass is 287 g/mol. The molecule has 0 saturated heterocycles. The Labute approximate surface area is 121 Å². The van der Waals surface area contributed by atoms with Gasteiger partial charge in [0.2, 0.25) is 0 Å². The van der Waals surface area contributed by atoms with E-state index in [4.69, 9.17) is 15.2 Å². The molecule has 0 fully saturated rings. The van der Waals surface area contributed by atoms with Crippen molar-refractivity contribution < 1.29 is 19.1 Å². The first-order valence-corrected chi connectivity index (χ1v) is 6.94. The van der Waals surface area contributed by atoms with Crippen LogP contribution in [-0.2, 0) is 14.3 Å². The van der Waals surface area contributed by atoms with Crippen molar-refractivity contribution in [3.8, 4) is 0 Å². The fourth-order valence-corrected chi connectivity index (χ4v) is 1.32. The van der Waals surface area contributed by atoms with Crippen LogP contribution in [0.1, 0.15) is 48.0 Å². The molecule has 1 radical (unpaired) electrons. The quantitative estimate of drug-likeness (QED) is 0.758. The smallest absolute Gasteiger partial charge is 0.408 e. The van der Waals surface area contributed by atoms with Crippen LogP contribution in [-0.4, -0.2) is 36.4 Å². The van der Waals surface area contributed by atoms with E-state index in [0.29, 0.717) is 6.42 Å². The second kappa shape index (κ2) is 8.09. The van der Waals surface area contributed by atoms with E-state index in [1.54, 1.807) is 34.6 Å². The van der Waals surface area contributed by atoms with Crippen molar-refractivity contribution in [2.45, 2.75) is 65.6 Å². The van der Waals surface area contributed by atoms with Crippen LogP contribution in [0.2, 0.25) is 0 Å². The van der Waals surface area contributed by atoms with Gasteiger partial charge < -0.3 is 14.8 Å². The molecule has 0 heterocycles. The number of alkyl carbamates (subject to hydrolysis) is 1. The van der Waals surface area contributed by atoms with Crippen LogP contribution in [0.15, 0.2) is 0 Å². The number of nitrogens with one attached hydrogen (secondary N) is 2. The molecule has 2 N–H and O–H groups in total. The summed E-state index contributed by atoms with van der Waals surface area (Å²) in [7, 11) is 0. The molecule has 0 aromatic carbocycles. The fourth-order valence-electron chi connectivity index (χ4n) is 1.32. The highest BCUT2D eigenvalue weighted by molar-refractivity contribution is 5.81. The molecule has 0 aromatic rings. The Morgan fingerprint density at radius 3 is 2.20 bits per heavy atom. The molecule has 1 amide bonds. The third-order valence-electron chi connectivity index (χ3n) is 2.51. The maximum absolute atomic E-state index is 11.9. The number of rotatable bonds is 6. The molecule has 0 aliphatic carbocycles. The summed E-state index contributed by atoms with van der Waals surface area (Å²) in [5, 5.41) is 2.52. The lowest BCUT2D eigenvalue weighted by Crippen LogP contribution is -2.47. The van der Waals surface area contributed by atoms with Gasteiger partial charge in [0.05, 0.1) is 6.04 Å². The van der Waals surface area contributed by atoms with E-state index in [9.17, 15) is 9.59 Å². The third kappa shape index (κ3) is 7.99. The lowest BCUT2D eigenvalue weighted by atomic mass is 10.1. The van der Waals surface area contributed by atoms with Crippen LogP contribution in [0.3, 0.4) is 0 Å². The lowest BCUT2D eigenvalue weighted by molar-refractivity contribution is -0.148. The summed E-state index contributed by atoms with van der Waals surface area (Å²) < 4.78 is 10.2. The van der Waals surface area contributed by atoms with Crippen molar-refractivity contribution >= 4 is 12.1 Å². The van der Waals surface area contributed by atoms with Crippen LogP contribution in [0, 0.1) is 5.92 Å². The number of hydrogen-bond acceptors (Lipinski definition) is 4. The van der Waals surface area contributed by atoms with Crippen LogP contribution in [0.4, 0.5) is 4.79 Å².